The van der Waals surface area contributed by atoms with Gasteiger partial charge in [-0.1, -0.05) is 18.1 Å². The minimum Gasteiger partial charge on any atom is -0.409 e. The van der Waals surface area contributed by atoms with Gasteiger partial charge in [0.15, 0.2) is 0 Å². The highest BCUT2D eigenvalue weighted by atomic mass is 16.4. The number of oxime groups is 1. The van der Waals surface area contributed by atoms with Gasteiger partial charge >= 0.3 is 0 Å². The van der Waals surface area contributed by atoms with Crippen molar-refractivity contribution in [2.75, 3.05) is 5.32 Å². The number of nitrogens with zero attached hydrogens (tertiary/aromatic N) is 1. The Morgan fingerprint density at radius 3 is 2.78 bits per heavy atom. The largest absolute Gasteiger partial charge is 0.409 e. The molecule has 6 N–H and O–H groups in total. The SMILES string of the molecule is CCC(C/C(N)=N/O)Nc1cccc(C(N)=O)c1. The smallest absolute Gasteiger partial charge is 0.248 e. The van der Waals surface area contributed by atoms with Gasteiger partial charge in [0.05, 0.1) is 0 Å². The van der Waals surface area contributed by atoms with Gasteiger partial charge in [-0.2, -0.15) is 0 Å². The van der Waals surface area contributed by atoms with Crippen molar-refractivity contribution in [3.8, 4) is 0 Å². The zero-order chi connectivity index (χ0) is 13.5. The Balaban J connectivity index is 2.75. The fourth-order valence-electron chi connectivity index (χ4n) is 1.59. The van der Waals surface area contributed by atoms with Crippen LogP contribution in [0.1, 0.15) is 30.1 Å². The van der Waals surface area contributed by atoms with Crippen LogP contribution in [0.15, 0.2) is 29.4 Å². The minimum absolute atomic E-state index is 0.0315. The summed E-state index contributed by atoms with van der Waals surface area (Å²) in [7, 11) is 0. The molecule has 1 atom stereocenters. The predicted molar refractivity (Wildman–Crippen MR) is 70.7 cm³/mol. The Morgan fingerprint density at radius 1 is 1.50 bits per heavy atom. The first kappa shape index (κ1) is 13.8. The Hall–Kier alpha value is -2.24. The van der Waals surface area contributed by atoms with E-state index in [1.807, 2.05) is 13.0 Å². The van der Waals surface area contributed by atoms with Gasteiger partial charge in [0.1, 0.15) is 5.84 Å². The van der Waals surface area contributed by atoms with E-state index < -0.39 is 5.91 Å². The summed E-state index contributed by atoms with van der Waals surface area (Å²) in [6, 6.07) is 6.94. The normalized spacial score (nSPS) is 13.1. The molecule has 1 aromatic rings. The Kier molecular flexibility index (Phi) is 4.98. The van der Waals surface area contributed by atoms with Crippen molar-refractivity contribution >= 4 is 17.4 Å². The summed E-state index contributed by atoms with van der Waals surface area (Å²) in [6.45, 7) is 1.99. The van der Waals surface area contributed by atoms with Gasteiger partial charge in [-0.25, -0.2) is 0 Å². The van der Waals surface area contributed by atoms with Crippen LogP contribution in [0.25, 0.3) is 0 Å². The number of nitrogens with two attached hydrogens (primary N) is 2. The maximum absolute atomic E-state index is 11.1. The van der Waals surface area contributed by atoms with Gasteiger partial charge < -0.3 is 22.0 Å². The molecule has 0 spiro atoms. The van der Waals surface area contributed by atoms with Crippen molar-refractivity contribution in [3.63, 3.8) is 0 Å². The number of nitrogens with one attached hydrogen (secondary N) is 1. The van der Waals surface area contributed by atoms with Crippen LogP contribution in [-0.4, -0.2) is 23.0 Å². The summed E-state index contributed by atoms with van der Waals surface area (Å²) in [5.41, 5.74) is 11.9. The summed E-state index contributed by atoms with van der Waals surface area (Å²) in [5, 5.41) is 14.7. The molecule has 18 heavy (non-hydrogen) atoms. The Bertz CT molecular complexity index is 445. The van der Waals surface area contributed by atoms with Gasteiger partial charge in [0, 0.05) is 23.7 Å². The number of carbonyl (C=O) groups is 1. The van der Waals surface area contributed by atoms with E-state index in [0.717, 1.165) is 12.1 Å². The summed E-state index contributed by atoms with van der Waals surface area (Å²) in [4.78, 5) is 11.1. The lowest BCUT2D eigenvalue weighted by Crippen LogP contribution is -2.26. The van der Waals surface area contributed by atoms with E-state index in [-0.39, 0.29) is 11.9 Å². The molecular formula is C12H18N4O2. The lowest BCUT2D eigenvalue weighted by Gasteiger charge is -2.17. The quantitative estimate of drug-likeness (QED) is 0.262. The van der Waals surface area contributed by atoms with E-state index in [4.69, 9.17) is 16.7 Å². The molecule has 1 amide bonds. The molecule has 0 aromatic heterocycles. The van der Waals surface area contributed by atoms with E-state index in [0.29, 0.717) is 12.0 Å². The molecule has 1 unspecified atom stereocenters. The first-order chi connectivity index (χ1) is 8.56. The molecular weight excluding hydrogens is 232 g/mol. The molecule has 0 aliphatic carbocycles. The molecule has 1 rings (SSSR count). The molecule has 98 valence electrons. The highest BCUT2D eigenvalue weighted by Gasteiger charge is 2.09. The van der Waals surface area contributed by atoms with E-state index in [2.05, 4.69) is 10.5 Å². The molecule has 0 aliphatic rings. The summed E-state index contributed by atoms with van der Waals surface area (Å²) in [5.74, 6) is -0.302. The van der Waals surface area contributed by atoms with Crippen LogP contribution in [0, 0.1) is 0 Å². The number of rotatable bonds is 6. The second kappa shape index (κ2) is 6.48. The number of carbonyl (C=O) groups excluding carboxylic acids is 1. The molecule has 0 heterocycles. The van der Waals surface area contributed by atoms with E-state index in [1.54, 1.807) is 18.2 Å². The molecule has 6 heteroatoms. The Labute approximate surface area is 106 Å². The second-order valence-electron chi connectivity index (χ2n) is 3.99. The fraction of sp³-hybridized carbons (Fsp3) is 0.333. The molecule has 0 saturated carbocycles. The van der Waals surface area contributed by atoms with Crippen molar-refractivity contribution in [3.05, 3.63) is 29.8 Å². The van der Waals surface area contributed by atoms with Crippen LogP contribution in [0.4, 0.5) is 5.69 Å². The second-order valence-corrected chi connectivity index (χ2v) is 3.99. The maximum atomic E-state index is 11.1. The first-order valence-corrected chi connectivity index (χ1v) is 5.69. The van der Waals surface area contributed by atoms with E-state index in [9.17, 15) is 4.79 Å². The third-order valence-electron chi connectivity index (χ3n) is 2.59. The number of anilines is 1. The molecule has 0 aliphatic heterocycles. The monoisotopic (exact) mass is 250 g/mol. The number of primary amides is 1. The molecule has 0 bridgehead atoms. The summed E-state index contributed by atoms with van der Waals surface area (Å²) < 4.78 is 0. The summed E-state index contributed by atoms with van der Waals surface area (Å²) >= 11 is 0. The average molecular weight is 250 g/mol. The van der Waals surface area contributed by atoms with Crippen LogP contribution in [0.5, 0.6) is 0 Å². The van der Waals surface area contributed by atoms with Crippen LogP contribution < -0.4 is 16.8 Å². The van der Waals surface area contributed by atoms with Crippen molar-refractivity contribution in [2.45, 2.75) is 25.8 Å². The van der Waals surface area contributed by atoms with Crippen LogP contribution >= 0.6 is 0 Å². The van der Waals surface area contributed by atoms with Crippen LogP contribution in [-0.2, 0) is 0 Å². The van der Waals surface area contributed by atoms with Crippen molar-refractivity contribution in [2.24, 2.45) is 16.6 Å². The number of amidine groups is 1. The molecule has 0 radical (unpaired) electrons. The topological polar surface area (TPSA) is 114 Å². The van der Waals surface area contributed by atoms with E-state index >= 15 is 0 Å². The van der Waals surface area contributed by atoms with Gasteiger partial charge in [-0.3, -0.25) is 4.79 Å². The Morgan fingerprint density at radius 2 is 2.22 bits per heavy atom. The number of benzene rings is 1. The number of hydrogen-bond donors (Lipinski definition) is 4. The highest BCUT2D eigenvalue weighted by molar-refractivity contribution is 5.93. The number of amides is 1. The lowest BCUT2D eigenvalue weighted by molar-refractivity contribution is 0.100. The van der Waals surface area contributed by atoms with Gasteiger partial charge in [0.2, 0.25) is 5.91 Å². The van der Waals surface area contributed by atoms with Gasteiger partial charge in [-0.05, 0) is 24.6 Å². The molecule has 6 nitrogen and oxygen atoms in total. The standard InChI is InChI=1S/C12H18N4O2/c1-2-9(7-11(13)16-18)15-10-5-3-4-8(6-10)12(14)17/h3-6,9,15,18H,2,7H2,1H3,(H2,13,16)(H2,14,17). The predicted octanol–water partition coefficient (Wildman–Crippen LogP) is 1.11. The van der Waals surface area contributed by atoms with Crippen LogP contribution in [0.3, 0.4) is 0 Å². The highest BCUT2D eigenvalue weighted by Crippen LogP contribution is 2.14. The third kappa shape index (κ3) is 3.97. The van der Waals surface area contributed by atoms with Gasteiger partial charge in [0.25, 0.3) is 0 Å². The average Bonchev–Trinajstić information content (AvgIpc) is 2.38. The van der Waals surface area contributed by atoms with E-state index in [1.165, 1.54) is 0 Å². The maximum Gasteiger partial charge on any atom is 0.248 e. The first-order valence-electron chi connectivity index (χ1n) is 5.69. The zero-order valence-electron chi connectivity index (χ0n) is 10.3. The van der Waals surface area contributed by atoms with Crippen molar-refractivity contribution in [1.82, 2.24) is 0 Å². The van der Waals surface area contributed by atoms with Crippen LogP contribution in [0.2, 0.25) is 0 Å². The van der Waals surface area contributed by atoms with Crippen molar-refractivity contribution < 1.29 is 10.0 Å². The third-order valence-corrected chi connectivity index (χ3v) is 2.59. The summed E-state index contributed by atoms with van der Waals surface area (Å²) in [6.07, 6.45) is 1.23. The molecule has 1 aromatic carbocycles. The fourth-order valence-corrected chi connectivity index (χ4v) is 1.59. The molecule has 0 saturated heterocycles. The zero-order valence-corrected chi connectivity index (χ0v) is 10.3. The number of hydrogen-bond acceptors (Lipinski definition) is 4. The minimum atomic E-state index is -0.469. The van der Waals surface area contributed by atoms with Gasteiger partial charge in [-0.15, -0.1) is 0 Å². The molecule has 0 fully saturated rings. The lowest BCUT2D eigenvalue weighted by atomic mass is 10.1. The van der Waals surface area contributed by atoms with Crippen molar-refractivity contribution in [1.29, 1.82) is 0 Å².